The number of carbonyl (C=O) groups is 1. The van der Waals surface area contributed by atoms with Crippen molar-refractivity contribution in [3.05, 3.63) is 0 Å². The molecule has 0 radical (unpaired) electrons. The van der Waals surface area contributed by atoms with Crippen LogP contribution in [-0.2, 0) is 4.79 Å². The first kappa shape index (κ1) is 10.4. The third-order valence-electron chi connectivity index (χ3n) is 1.88. The molecule has 0 aliphatic rings. The second-order valence-corrected chi connectivity index (χ2v) is 2.52. The summed E-state index contributed by atoms with van der Waals surface area (Å²) in [5, 5.41) is 2.92. The fourth-order valence-corrected chi connectivity index (χ4v) is 0.933. The minimum Gasteiger partial charge on any atom is -0.342 e. The van der Waals surface area contributed by atoms with Crippen molar-refractivity contribution < 1.29 is 4.79 Å². The highest BCUT2D eigenvalue weighted by atomic mass is 16.2. The molecular weight excluding hydrogens is 140 g/mol. The number of carbonyl (C=O) groups excluding carboxylic acids is 1. The number of nitrogens with zero attached hydrogens (tertiary/aromatic N) is 1. The van der Waals surface area contributed by atoms with E-state index in [-0.39, 0.29) is 11.9 Å². The van der Waals surface area contributed by atoms with Gasteiger partial charge in [0.2, 0.25) is 5.91 Å². The summed E-state index contributed by atoms with van der Waals surface area (Å²) in [7, 11) is 1.80. The number of amides is 1. The van der Waals surface area contributed by atoms with E-state index in [1.165, 1.54) is 0 Å². The predicted octanol–water partition coefficient (Wildman–Crippen LogP) is 0.463. The third-order valence-corrected chi connectivity index (χ3v) is 1.88. The van der Waals surface area contributed by atoms with Crippen molar-refractivity contribution in [3.8, 4) is 0 Å². The lowest BCUT2D eigenvalue weighted by molar-refractivity contribution is -0.132. The molecule has 0 heterocycles. The van der Waals surface area contributed by atoms with Gasteiger partial charge in [-0.15, -0.1) is 0 Å². The molecule has 1 amide bonds. The van der Waals surface area contributed by atoms with E-state index in [1.807, 2.05) is 25.7 Å². The van der Waals surface area contributed by atoms with Gasteiger partial charge in [-0.1, -0.05) is 0 Å². The van der Waals surface area contributed by atoms with Gasteiger partial charge in [-0.05, 0) is 27.8 Å². The van der Waals surface area contributed by atoms with Crippen LogP contribution in [0.3, 0.4) is 0 Å². The van der Waals surface area contributed by atoms with E-state index < -0.39 is 0 Å². The van der Waals surface area contributed by atoms with Crippen molar-refractivity contribution in [2.45, 2.75) is 26.8 Å². The molecule has 0 aliphatic carbocycles. The average molecular weight is 158 g/mol. The maximum Gasteiger partial charge on any atom is 0.239 e. The van der Waals surface area contributed by atoms with Crippen molar-refractivity contribution in [2.75, 3.05) is 20.1 Å². The predicted molar refractivity (Wildman–Crippen MR) is 46.4 cm³/mol. The Bertz CT molecular complexity index is 121. The Balaban J connectivity index is 3.97. The minimum absolute atomic E-state index is 0.0603. The Morgan fingerprint density at radius 3 is 2.18 bits per heavy atom. The van der Waals surface area contributed by atoms with E-state index in [4.69, 9.17) is 0 Å². The summed E-state index contributed by atoms with van der Waals surface area (Å²) in [6.45, 7) is 7.44. The average Bonchev–Trinajstić information content (AvgIpc) is 2.05. The SMILES string of the molecule is CCN(CC)C(=O)C(C)NC. The van der Waals surface area contributed by atoms with Crippen LogP contribution in [0.2, 0.25) is 0 Å². The molecule has 1 N–H and O–H groups in total. The molecule has 0 saturated heterocycles. The van der Waals surface area contributed by atoms with Gasteiger partial charge in [-0.25, -0.2) is 0 Å². The van der Waals surface area contributed by atoms with Gasteiger partial charge < -0.3 is 10.2 Å². The van der Waals surface area contributed by atoms with Crippen molar-refractivity contribution in [1.82, 2.24) is 10.2 Å². The highest BCUT2D eigenvalue weighted by Crippen LogP contribution is 1.93. The second-order valence-electron chi connectivity index (χ2n) is 2.52. The van der Waals surface area contributed by atoms with Crippen LogP contribution in [0.25, 0.3) is 0 Å². The number of rotatable bonds is 4. The first-order chi connectivity index (χ1) is 5.17. The maximum atomic E-state index is 11.4. The monoisotopic (exact) mass is 158 g/mol. The quantitative estimate of drug-likeness (QED) is 0.644. The molecule has 0 spiro atoms. The van der Waals surface area contributed by atoms with Crippen LogP contribution in [-0.4, -0.2) is 37.0 Å². The molecule has 0 aromatic rings. The highest BCUT2D eigenvalue weighted by molar-refractivity contribution is 5.81. The lowest BCUT2D eigenvalue weighted by Gasteiger charge is -2.22. The summed E-state index contributed by atoms with van der Waals surface area (Å²) in [5.41, 5.74) is 0. The fraction of sp³-hybridized carbons (Fsp3) is 0.875. The molecule has 66 valence electrons. The van der Waals surface area contributed by atoms with E-state index in [9.17, 15) is 4.79 Å². The minimum atomic E-state index is -0.0603. The molecule has 0 aromatic carbocycles. The Hall–Kier alpha value is -0.570. The van der Waals surface area contributed by atoms with Crippen molar-refractivity contribution in [3.63, 3.8) is 0 Å². The normalized spacial score (nSPS) is 12.7. The zero-order valence-electron chi connectivity index (χ0n) is 7.85. The van der Waals surface area contributed by atoms with Gasteiger partial charge in [0.25, 0.3) is 0 Å². The van der Waals surface area contributed by atoms with Crippen LogP contribution in [0, 0.1) is 0 Å². The van der Waals surface area contributed by atoms with Gasteiger partial charge >= 0.3 is 0 Å². The van der Waals surface area contributed by atoms with E-state index in [1.54, 1.807) is 7.05 Å². The second kappa shape index (κ2) is 5.13. The third kappa shape index (κ3) is 2.89. The van der Waals surface area contributed by atoms with E-state index >= 15 is 0 Å². The lowest BCUT2D eigenvalue weighted by atomic mass is 10.3. The lowest BCUT2D eigenvalue weighted by Crippen LogP contribution is -2.43. The van der Waals surface area contributed by atoms with Crippen molar-refractivity contribution >= 4 is 5.91 Å². The first-order valence-corrected chi connectivity index (χ1v) is 4.13. The molecule has 0 aromatic heterocycles. The first-order valence-electron chi connectivity index (χ1n) is 4.13. The fourth-order valence-electron chi connectivity index (χ4n) is 0.933. The van der Waals surface area contributed by atoms with Crippen molar-refractivity contribution in [2.24, 2.45) is 0 Å². The zero-order valence-corrected chi connectivity index (χ0v) is 7.85. The molecule has 0 aliphatic heterocycles. The van der Waals surface area contributed by atoms with Gasteiger partial charge in [0.1, 0.15) is 0 Å². The number of likely N-dealkylation sites (N-methyl/N-ethyl adjacent to an activating group) is 2. The molecule has 0 bridgehead atoms. The molecule has 0 rings (SSSR count). The Kier molecular flexibility index (Phi) is 4.86. The molecule has 0 saturated carbocycles. The summed E-state index contributed by atoms with van der Waals surface area (Å²) in [5.74, 6) is 0.178. The summed E-state index contributed by atoms with van der Waals surface area (Å²) < 4.78 is 0. The molecule has 11 heavy (non-hydrogen) atoms. The molecule has 3 heteroatoms. The van der Waals surface area contributed by atoms with Crippen LogP contribution in [0.15, 0.2) is 0 Å². The number of nitrogens with one attached hydrogen (secondary N) is 1. The molecule has 1 atom stereocenters. The van der Waals surface area contributed by atoms with Crippen LogP contribution in [0.5, 0.6) is 0 Å². The number of hydrogen-bond donors (Lipinski definition) is 1. The number of hydrogen-bond acceptors (Lipinski definition) is 2. The van der Waals surface area contributed by atoms with Crippen LogP contribution >= 0.6 is 0 Å². The van der Waals surface area contributed by atoms with Gasteiger partial charge in [-0.2, -0.15) is 0 Å². The smallest absolute Gasteiger partial charge is 0.239 e. The Morgan fingerprint density at radius 1 is 1.45 bits per heavy atom. The van der Waals surface area contributed by atoms with Gasteiger partial charge in [0.05, 0.1) is 6.04 Å². The van der Waals surface area contributed by atoms with E-state index in [0.717, 1.165) is 13.1 Å². The summed E-state index contributed by atoms with van der Waals surface area (Å²) in [4.78, 5) is 13.2. The van der Waals surface area contributed by atoms with E-state index in [2.05, 4.69) is 5.32 Å². The molecule has 3 nitrogen and oxygen atoms in total. The summed E-state index contributed by atoms with van der Waals surface area (Å²) >= 11 is 0. The van der Waals surface area contributed by atoms with Gasteiger partial charge in [0.15, 0.2) is 0 Å². The Morgan fingerprint density at radius 2 is 1.91 bits per heavy atom. The molecule has 0 fully saturated rings. The standard InChI is InChI=1S/C8H18N2O/c1-5-10(6-2)8(11)7(3)9-4/h7,9H,5-6H2,1-4H3. The van der Waals surface area contributed by atoms with Gasteiger partial charge in [-0.3, -0.25) is 4.79 Å². The zero-order chi connectivity index (χ0) is 8.85. The van der Waals surface area contributed by atoms with Crippen LogP contribution < -0.4 is 5.32 Å². The van der Waals surface area contributed by atoms with Crippen LogP contribution in [0.1, 0.15) is 20.8 Å². The van der Waals surface area contributed by atoms with E-state index in [0.29, 0.717) is 0 Å². The molecule has 1 unspecified atom stereocenters. The topological polar surface area (TPSA) is 32.3 Å². The van der Waals surface area contributed by atoms with Gasteiger partial charge in [0, 0.05) is 13.1 Å². The van der Waals surface area contributed by atoms with Crippen LogP contribution in [0.4, 0.5) is 0 Å². The molecular formula is C8H18N2O. The summed E-state index contributed by atoms with van der Waals surface area (Å²) in [6.07, 6.45) is 0. The van der Waals surface area contributed by atoms with Crippen molar-refractivity contribution in [1.29, 1.82) is 0 Å². The summed E-state index contributed by atoms with van der Waals surface area (Å²) in [6, 6.07) is -0.0603. The maximum absolute atomic E-state index is 11.4. The highest BCUT2D eigenvalue weighted by Gasteiger charge is 2.15. The Labute approximate surface area is 68.8 Å². The largest absolute Gasteiger partial charge is 0.342 e.